The van der Waals surface area contributed by atoms with Gasteiger partial charge in [-0.2, -0.15) is 13.2 Å². The van der Waals surface area contributed by atoms with Crippen molar-refractivity contribution in [1.29, 1.82) is 0 Å². The lowest BCUT2D eigenvalue weighted by atomic mass is 10.1. The predicted molar refractivity (Wildman–Crippen MR) is 72.4 cm³/mol. The summed E-state index contributed by atoms with van der Waals surface area (Å²) in [6.45, 7) is 1.50. The van der Waals surface area contributed by atoms with E-state index in [0.717, 1.165) is 31.2 Å². The second kappa shape index (κ2) is 5.75. The van der Waals surface area contributed by atoms with E-state index in [2.05, 4.69) is 10.3 Å². The third kappa shape index (κ3) is 3.16. The highest BCUT2D eigenvalue weighted by Crippen LogP contribution is 2.31. The molecule has 1 aromatic heterocycles. The summed E-state index contributed by atoms with van der Waals surface area (Å²) in [5.74, 6) is 0.136. The van der Waals surface area contributed by atoms with Crippen LogP contribution in [0, 0.1) is 0 Å². The summed E-state index contributed by atoms with van der Waals surface area (Å²) in [7, 11) is 0. The predicted octanol–water partition coefficient (Wildman–Crippen LogP) is 1.58. The Morgan fingerprint density at radius 1 is 1.41 bits per heavy atom. The molecule has 0 aromatic carbocycles. The minimum Gasteiger partial charge on any atom is -0.368 e. The van der Waals surface area contributed by atoms with Crippen LogP contribution in [-0.4, -0.2) is 42.7 Å². The quantitative estimate of drug-likeness (QED) is 0.920. The van der Waals surface area contributed by atoms with Gasteiger partial charge < -0.3 is 15.0 Å². The molecule has 3 rings (SSSR count). The Bertz CT molecular complexity index is 553. The third-order valence-electron chi connectivity index (χ3n) is 3.85. The second-order valence-corrected chi connectivity index (χ2v) is 5.51. The van der Waals surface area contributed by atoms with E-state index in [1.54, 1.807) is 4.90 Å². The number of pyridine rings is 1. The highest BCUT2D eigenvalue weighted by atomic mass is 19.4. The number of anilines is 1. The molecule has 3 heterocycles. The molecule has 0 spiro atoms. The number of carbonyl (C=O) groups excluding carboxylic acids is 1. The Hall–Kier alpha value is -1.83. The van der Waals surface area contributed by atoms with Crippen molar-refractivity contribution in [3.63, 3.8) is 0 Å². The maximum Gasteiger partial charge on any atom is 0.416 e. The van der Waals surface area contributed by atoms with Crippen molar-refractivity contribution in [2.75, 3.05) is 24.6 Å². The van der Waals surface area contributed by atoms with Crippen LogP contribution in [0.25, 0.3) is 0 Å². The smallest absolute Gasteiger partial charge is 0.368 e. The Morgan fingerprint density at radius 3 is 2.82 bits per heavy atom. The Morgan fingerprint density at radius 2 is 2.18 bits per heavy atom. The molecule has 2 saturated heterocycles. The van der Waals surface area contributed by atoms with Gasteiger partial charge in [0.2, 0.25) is 5.91 Å². The Labute approximate surface area is 125 Å². The Balaban J connectivity index is 1.54. The molecule has 0 saturated carbocycles. The number of amides is 1. The van der Waals surface area contributed by atoms with Gasteiger partial charge in [0.25, 0.3) is 0 Å². The molecule has 22 heavy (non-hydrogen) atoms. The fraction of sp³-hybridized carbons (Fsp3) is 0.571. The summed E-state index contributed by atoms with van der Waals surface area (Å²) in [6, 6.07) is 1.89. The standard InChI is InChI=1S/C14H16F3N3O2/c15-14(16,17)9-3-4-18-12(6-9)20-7-10(8-20)19-13(21)11-2-1-5-22-11/h3-4,6,10-11H,1-2,5,7-8H2,(H,19,21). The minimum atomic E-state index is -4.38. The second-order valence-electron chi connectivity index (χ2n) is 5.51. The minimum absolute atomic E-state index is 0.0759. The molecule has 120 valence electrons. The molecule has 2 aliphatic rings. The van der Waals surface area contributed by atoms with E-state index >= 15 is 0 Å². The number of nitrogens with zero attached hydrogens (tertiary/aromatic N) is 2. The van der Waals surface area contributed by atoms with E-state index in [1.807, 2.05) is 0 Å². The normalized spacial score (nSPS) is 22.5. The molecule has 2 aliphatic heterocycles. The van der Waals surface area contributed by atoms with Gasteiger partial charge in [0.15, 0.2) is 0 Å². The van der Waals surface area contributed by atoms with E-state index < -0.39 is 11.7 Å². The lowest BCUT2D eigenvalue weighted by Crippen LogP contribution is -2.61. The van der Waals surface area contributed by atoms with E-state index in [1.165, 1.54) is 0 Å². The molecule has 1 amide bonds. The van der Waals surface area contributed by atoms with Crippen LogP contribution in [0.4, 0.5) is 19.0 Å². The summed E-state index contributed by atoms with van der Waals surface area (Å²) >= 11 is 0. The number of carbonyl (C=O) groups is 1. The van der Waals surface area contributed by atoms with Crippen molar-refractivity contribution in [3.05, 3.63) is 23.9 Å². The first kappa shape index (κ1) is 15.1. The molecule has 8 heteroatoms. The highest BCUT2D eigenvalue weighted by Gasteiger charge is 2.35. The number of ether oxygens (including phenoxy) is 1. The molecular weight excluding hydrogens is 299 g/mol. The molecule has 2 fully saturated rings. The number of hydrogen-bond donors (Lipinski definition) is 1. The van der Waals surface area contributed by atoms with Gasteiger partial charge in [0, 0.05) is 25.9 Å². The van der Waals surface area contributed by atoms with Crippen LogP contribution in [0.1, 0.15) is 18.4 Å². The van der Waals surface area contributed by atoms with Crippen LogP contribution in [0.15, 0.2) is 18.3 Å². The van der Waals surface area contributed by atoms with Crippen LogP contribution in [-0.2, 0) is 15.7 Å². The summed E-state index contributed by atoms with van der Waals surface area (Å²) in [5, 5.41) is 2.85. The molecule has 0 radical (unpaired) electrons. The van der Waals surface area contributed by atoms with Gasteiger partial charge in [-0.3, -0.25) is 4.79 Å². The van der Waals surface area contributed by atoms with Gasteiger partial charge in [-0.1, -0.05) is 0 Å². The lowest BCUT2D eigenvalue weighted by molar-refractivity contribution is -0.137. The van der Waals surface area contributed by atoms with Crippen molar-refractivity contribution in [2.24, 2.45) is 0 Å². The van der Waals surface area contributed by atoms with Crippen molar-refractivity contribution in [3.8, 4) is 0 Å². The first-order chi connectivity index (χ1) is 10.4. The van der Waals surface area contributed by atoms with Gasteiger partial charge in [-0.25, -0.2) is 4.98 Å². The van der Waals surface area contributed by atoms with E-state index in [0.29, 0.717) is 19.7 Å². The number of nitrogens with one attached hydrogen (secondary N) is 1. The summed E-state index contributed by atoms with van der Waals surface area (Å²) < 4.78 is 43.3. The van der Waals surface area contributed by atoms with Crippen molar-refractivity contribution in [1.82, 2.24) is 10.3 Å². The molecular formula is C14H16F3N3O2. The van der Waals surface area contributed by atoms with Gasteiger partial charge in [0.1, 0.15) is 11.9 Å². The molecule has 1 N–H and O–H groups in total. The number of halogens is 3. The average molecular weight is 315 g/mol. The van der Waals surface area contributed by atoms with Gasteiger partial charge >= 0.3 is 6.18 Å². The SMILES string of the molecule is O=C(NC1CN(c2cc(C(F)(F)F)ccn2)C1)C1CCCO1. The number of aromatic nitrogens is 1. The highest BCUT2D eigenvalue weighted by molar-refractivity contribution is 5.81. The maximum atomic E-state index is 12.7. The monoisotopic (exact) mass is 315 g/mol. The van der Waals surface area contributed by atoms with Crippen molar-refractivity contribution in [2.45, 2.75) is 31.2 Å². The zero-order chi connectivity index (χ0) is 15.7. The zero-order valence-corrected chi connectivity index (χ0v) is 11.8. The van der Waals surface area contributed by atoms with E-state index in [9.17, 15) is 18.0 Å². The van der Waals surface area contributed by atoms with Crippen LogP contribution in [0.5, 0.6) is 0 Å². The largest absolute Gasteiger partial charge is 0.416 e. The van der Waals surface area contributed by atoms with Gasteiger partial charge in [-0.05, 0) is 25.0 Å². The van der Waals surface area contributed by atoms with E-state index in [-0.39, 0.29) is 23.9 Å². The van der Waals surface area contributed by atoms with Crippen LogP contribution in [0.3, 0.4) is 0 Å². The first-order valence-electron chi connectivity index (χ1n) is 7.13. The topological polar surface area (TPSA) is 54.5 Å². The first-order valence-corrected chi connectivity index (χ1v) is 7.13. The zero-order valence-electron chi connectivity index (χ0n) is 11.8. The van der Waals surface area contributed by atoms with E-state index in [4.69, 9.17) is 4.74 Å². The molecule has 5 nitrogen and oxygen atoms in total. The van der Waals surface area contributed by atoms with Crippen molar-refractivity contribution < 1.29 is 22.7 Å². The van der Waals surface area contributed by atoms with Crippen molar-refractivity contribution >= 4 is 11.7 Å². The molecule has 0 aliphatic carbocycles. The fourth-order valence-electron chi connectivity index (χ4n) is 2.60. The number of rotatable bonds is 3. The summed E-state index contributed by atoms with van der Waals surface area (Å²) in [5.41, 5.74) is -0.718. The molecule has 1 unspecified atom stereocenters. The number of hydrogen-bond acceptors (Lipinski definition) is 4. The Kier molecular flexibility index (Phi) is 3.94. The van der Waals surface area contributed by atoms with Crippen LogP contribution < -0.4 is 10.2 Å². The fourth-order valence-corrected chi connectivity index (χ4v) is 2.60. The number of alkyl halides is 3. The van der Waals surface area contributed by atoms with Crippen LogP contribution in [0.2, 0.25) is 0 Å². The summed E-state index contributed by atoms with van der Waals surface area (Å²) in [6.07, 6.45) is -2.02. The molecule has 1 aromatic rings. The maximum absolute atomic E-state index is 12.7. The van der Waals surface area contributed by atoms with Crippen LogP contribution >= 0.6 is 0 Å². The van der Waals surface area contributed by atoms with Gasteiger partial charge in [-0.15, -0.1) is 0 Å². The molecule has 0 bridgehead atoms. The third-order valence-corrected chi connectivity index (χ3v) is 3.85. The molecule has 1 atom stereocenters. The lowest BCUT2D eigenvalue weighted by Gasteiger charge is -2.40. The van der Waals surface area contributed by atoms with Gasteiger partial charge in [0.05, 0.1) is 11.6 Å². The average Bonchev–Trinajstić information content (AvgIpc) is 2.95. The summed E-state index contributed by atoms with van der Waals surface area (Å²) in [4.78, 5) is 17.5.